The third-order valence-corrected chi connectivity index (χ3v) is 2.21. The molecule has 90 valence electrons. The van der Waals surface area contributed by atoms with Crippen molar-refractivity contribution in [3.8, 4) is 0 Å². The quantitative estimate of drug-likeness (QED) is 0.603. The molecule has 1 nitrogen and oxygen atoms in total. The summed E-state index contributed by atoms with van der Waals surface area (Å²) >= 11 is 0. The summed E-state index contributed by atoms with van der Waals surface area (Å²) in [5.74, 6) is 0. The minimum atomic E-state index is 1.23. The van der Waals surface area contributed by atoms with Gasteiger partial charge in [-0.25, -0.2) is 0 Å². The second kappa shape index (κ2) is 13.3. The number of nitrogens with zero attached hydrogens (tertiary/aromatic N) is 1. The Bertz CT molecular complexity index is 153. The Hall–Kier alpha value is -0.720. The zero-order valence-electron chi connectivity index (χ0n) is 11.3. The van der Waals surface area contributed by atoms with Gasteiger partial charge in [-0.2, -0.15) is 0 Å². The van der Waals surface area contributed by atoms with Gasteiger partial charge in [0.1, 0.15) is 0 Å². The lowest BCUT2D eigenvalue weighted by molar-refractivity contribution is 0.286. The molecule has 0 aromatic rings. The zero-order chi connectivity index (χ0) is 12.1. The van der Waals surface area contributed by atoms with Crippen LogP contribution in [0.2, 0.25) is 0 Å². The summed E-state index contributed by atoms with van der Waals surface area (Å²) in [5, 5.41) is 0. The smallest absolute Gasteiger partial charge is 0.0174 e. The van der Waals surface area contributed by atoms with Crippen LogP contribution < -0.4 is 0 Å². The van der Waals surface area contributed by atoms with E-state index in [0.717, 1.165) is 0 Å². The van der Waals surface area contributed by atoms with Crippen molar-refractivity contribution >= 4 is 0 Å². The molecule has 1 aliphatic heterocycles. The highest BCUT2D eigenvalue weighted by Gasteiger charge is 2.08. The highest BCUT2D eigenvalue weighted by atomic mass is 15.1. The van der Waals surface area contributed by atoms with Gasteiger partial charge in [-0.05, 0) is 32.3 Å². The maximum absolute atomic E-state index is 3.69. The van der Waals surface area contributed by atoms with Crippen LogP contribution in [0, 0.1) is 0 Å². The Kier molecular flexibility index (Phi) is 14.8. The molecule has 0 unspecified atom stereocenters. The first-order chi connectivity index (χ1) is 7.34. The highest BCUT2D eigenvalue weighted by molar-refractivity contribution is 5.07. The Morgan fingerprint density at radius 3 is 1.87 bits per heavy atom. The van der Waals surface area contributed by atoms with Crippen molar-refractivity contribution in [1.29, 1.82) is 0 Å². The van der Waals surface area contributed by atoms with E-state index in [1.165, 1.54) is 38.0 Å². The molecule has 1 rings (SSSR count). The molecule has 0 N–H and O–H groups in total. The summed E-state index contributed by atoms with van der Waals surface area (Å²) in [5.41, 5.74) is 1.36. The van der Waals surface area contributed by atoms with Crippen LogP contribution in [0.5, 0.6) is 0 Å². The number of hydrogen-bond acceptors (Lipinski definition) is 1. The van der Waals surface area contributed by atoms with E-state index in [1.54, 1.807) is 0 Å². The van der Waals surface area contributed by atoms with Crippen molar-refractivity contribution in [2.45, 2.75) is 53.9 Å². The lowest BCUT2D eigenvalue weighted by Gasteiger charge is -2.29. The third kappa shape index (κ3) is 8.29. The molecule has 1 saturated heterocycles. The van der Waals surface area contributed by atoms with E-state index in [9.17, 15) is 0 Å². The molecule has 0 atom stereocenters. The van der Waals surface area contributed by atoms with E-state index < -0.39 is 0 Å². The van der Waals surface area contributed by atoms with E-state index in [-0.39, 0.29) is 0 Å². The molecular weight excluding hydrogens is 182 g/mol. The summed E-state index contributed by atoms with van der Waals surface area (Å²) in [6.45, 7) is 16.3. The molecule has 0 bridgehead atoms. The summed E-state index contributed by atoms with van der Waals surface area (Å²) in [7, 11) is 0. The number of hydrogen-bond donors (Lipinski definition) is 0. The predicted octanol–water partition coefficient (Wildman–Crippen LogP) is 4.61. The van der Waals surface area contributed by atoms with Crippen molar-refractivity contribution in [3.05, 3.63) is 24.4 Å². The fourth-order valence-corrected chi connectivity index (χ4v) is 1.52. The molecule has 1 aliphatic rings. The fraction of sp³-hybridized carbons (Fsp3) is 0.714. The molecule has 1 heteroatoms. The highest BCUT2D eigenvalue weighted by Crippen LogP contribution is 2.13. The lowest BCUT2D eigenvalue weighted by atomic mass is 10.1. The summed E-state index contributed by atoms with van der Waals surface area (Å²) in [4.78, 5) is 2.44. The van der Waals surface area contributed by atoms with Crippen LogP contribution in [0.4, 0.5) is 0 Å². The molecule has 1 heterocycles. The molecule has 0 aromatic carbocycles. The van der Waals surface area contributed by atoms with Crippen molar-refractivity contribution in [2.75, 3.05) is 13.1 Å². The van der Waals surface area contributed by atoms with Gasteiger partial charge in [0.15, 0.2) is 0 Å². The standard InChI is InChI=1S/C10H17N.2C2H6/c1-3-7-10(2)11-8-5-4-6-9-11;2*1-2/h3,7H,1,4-6,8-9H2,2H3;2*1-2H3/b10-7+;;. The van der Waals surface area contributed by atoms with Gasteiger partial charge < -0.3 is 4.90 Å². The molecule has 0 spiro atoms. The van der Waals surface area contributed by atoms with Gasteiger partial charge in [0, 0.05) is 18.8 Å². The van der Waals surface area contributed by atoms with Crippen LogP contribution in [-0.2, 0) is 0 Å². The van der Waals surface area contributed by atoms with Gasteiger partial charge in [0.2, 0.25) is 0 Å². The Balaban J connectivity index is 0. The van der Waals surface area contributed by atoms with Gasteiger partial charge in [0.25, 0.3) is 0 Å². The molecular formula is C14H29N. The first kappa shape index (κ1) is 16.7. The van der Waals surface area contributed by atoms with Crippen LogP contribution in [0.1, 0.15) is 53.9 Å². The Morgan fingerprint density at radius 1 is 1.00 bits per heavy atom. The van der Waals surface area contributed by atoms with E-state index in [2.05, 4.69) is 24.5 Å². The van der Waals surface area contributed by atoms with E-state index in [0.29, 0.717) is 0 Å². The summed E-state index contributed by atoms with van der Waals surface area (Å²) < 4.78 is 0. The monoisotopic (exact) mass is 211 g/mol. The van der Waals surface area contributed by atoms with Gasteiger partial charge >= 0.3 is 0 Å². The SMILES string of the molecule is C=C/C=C(\C)N1CCCCC1.CC.CC. The van der Waals surface area contributed by atoms with Crippen molar-refractivity contribution in [2.24, 2.45) is 0 Å². The number of piperidine rings is 1. The molecule has 1 fully saturated rings. The second-order valence-electron chi connectivity index (χ2n) is 3.09. The number of rotatable bonds is 2. The molecule has 0 radical (unpaired) electrons. The minimum Gasteiger partial charge on any atom is -0.375 e. The van der Waals surface area contributed by atoms with E-state index >= 15 is 0 Å². The van der Waals surface area contributed by atoms with Gasteiger partial charge in [0.05, 0.1) is 0 Å². The molecule has 0 aromatic heterocycles. The first-order valence-corrected chi connectivity index (χ1v) is 6.39. The van der Waals surface area contributed by atoms with Crippen LogP contribution >= 0.6 is 0 Å². The lowest BCUT2D eigenvalue weighted by Crippen LogP contribution is -2.27. The molecule has 0 saturated carbocycles. The van der Waals surface area contributed by atoms with Crippen LogP contribution in [0.15, 0.2) is 24.4 Å². The molecule has 15 heavy (non-hydrogen) atoms. The Labute approximate surface area is 96.9 Å². The third-order valence-electron chi connectivity index (χ3n) is 2.21. The van der Waals surface area contributed by atoms with Crippen molar-refractivity contribution in [3.63, 3.8) is 0 Å². The average Bonchev–Trinajstić information content (AvgIpc) is 2.36. The maximum Gasteiger partial charge on any atom is 0.0174 e. The zero-order valence-corrected chi connectivity index (χ0v) is 11.3. The minimum absolute atomic E-state index is 1.23. The van der Waals surface area contributed by atoms with Crippen molar-refractivity contribution in [1.82, 2.24) is 4.90 Å². The summed E-state index contributed by atoms with van der Waals surface area (Å²) in [6.07, 6.45) is 8.05. The molecule has 0 amide bonds. The summed E-state index contributed by atoms with van der Waals surface area (Å²) in [6, 6.07) is 0. The first-order valence-electron chi connectivity index (χ1n) is 6.39. The van der Waals surface area contributed by atoms with Crippen LogP contribution in [0.3, 0.4) is 0 Å². The second-order valence-corrected chi connectivity index (χ2v) is 3.09. The van der Waals surface area contributed by atoms with Crippen LogP contribution in [-0.4, -0.2) is 18.0 Å². The largest absolute Gasteiger partial charge is 0.375 e. The van der Waals surface area contributed by atoms with Gasteiger partial charge in [-0.1, -0.05) is 40.3 Å². The normalized spacial score (nSPS) is 15.5. The average molecular weight is 211 g/mol. The fourth-order valence-electron chi connectivity index (χ4n) is 1.52. The molecule has 0 aliphatic carbocycles. The maximum atomic E-state index is 3.69. The van der Waals surface area contributed by atoms with Gasteiger partial charge in [-0.3, -0.25) is 0 Å². The Morgan fingerprint density at radius 2 is 1.47 bits per heavy atom. The predicted molar refractivity (Wildman–Crippen MR) is 72.1 cm³/mol. The topological polar surface area (TPSA) is 3.24 Å². The van der Waals surface area contributed by atoms with E-state index in [4.69, 9.17) is 0 Å². The van der Waals surface area contributed by atoms with Gasteiger partial charge in [-0.15, -0.1) is 0 Å². The number of allylic oxidation sites excluding steroid dienone is 3. The van der Waals surface area contributed by atoms with Crippen LogP contribution in [0.25, 0.3) is 0 Å². The van der Waals surface area contributed by atoms with E-state index in [1.807, 2.05) is 33.8 Å². The van der Waals surface area contributed by atoms with Crippen molar-refractivity contribution < 1.29 is 0 Å². The number of likely N-dealkylation sites (tertiary alicyclic amines) is 1.